The Morgan fingerprint density at radius 2 is 1.90 bits per heavy atom. The molecule has 6 nitrogen and oxygen atoms in total. The number of fused-ring (bicyclic) bond motifs is 1. The van der Waals surface area contributed by atoms with Gasteiger partial charge >= 0.3 is 5.63 Å². The zero-order valence-electron chi connectivity index (χ0n) is 18.5. The predicted molar refractivity (Wildman–Crippen MR) is 117 cm³/mol. The number of nitrogens with zero attached hydrogens (tertiary/aromatic N) is 2. The number of benzene rings is 1. The highest BCUT2D eigenvalue weighted by atomic mass is 16.5. The molecule has 6 heteroatoms. The first-order valence-electron chi connectivity index (χ1n) is 11.0. The van der Waals surface area contributed by atoms with Crippen molar-refractivity contribution in [2.45, 2.75) is 52.6 Å². The fraction of sp³-hybridized carbons (Fsp3) is 0.583. The highest BCUT2D eigenvalue weighted by Crippen LogP contribution is 2.40. The summed E-state index contributed by atoms with van der Waals surface area (Å²) in [6.45, 7) is 9.60. The summed E-state index contributed by atoms with van der Waals surface area (Å²) < 4.78 is 11.6. The zero-order valence-corrected chi connectivity index (χ0v) is 18.5. The van der Waals surface area contributed by atoms with E-state index in [0.717, 1.165) is 62.0 Å². The van der Waals surface area contributed by atoms with Crippen molar-refractivity contribution in [1.82, 2.24) is 9.80 Å². The monoisotopic (exact) mass is 412 g/mol. The van der Waals surface area contributed by atoms with Crippen LogP contribution in [0.25, 0.3) is 11.0 Å². The second-order valence-electron chi connectivity index (χ2n) is 9.15. The largest absolute Gasteiger partial charge is 0.480 e. The van der Waals surface area contributed by atoms with Crippen molar-refractivity contribution in [3.63, 3.8) is 0 Å². The maximum Gasteiger partial charge on any atom is 0.336 e. The molecular weight excluding hydrogens is 380 g/mol. The normalized spacial score (nSPS) is 20.1. The highest BCUT2D eigenvalue weighted by Gasteiger charge is 2.42. The molecule has 2 fully saturated rings. The van der Waals surface area contributed by atoms with Crippen LogP contribution >= 0.6 is 0 Å². The van der Waals surface area contributed by atoms with Gasteiger partial charge in [0.1, 0.15) is 11.3 Å². The number of aryl methyl sites for hydroxylation is 2. The molecule has 1 aromatic carbocycles. The third-order valence-electron chi connectivity index (χ3n) is 6.86. The van der Waals surface area contributed by atoms with Crippen LogP contribution in [-0.2, 0) is 11.2 Å². The lowest BCUT2D eigenvalue weighted by Gasteiger charge is -2.37. The standard InChI is InChI=1S/C24H32N2O4/c1-5-18-14-21(27)30-20-13-16(2)12-19(22(18)20)29-17(3)23(28)26-11-8-24(15-26)6-9-25(4)10-7-24/h12-14,17H,5-11,15H2,1-4H3. The van der Waals surface area contributed by atoms with E-state index in [4.69, 9.17) is 9.15 Å². The molecule has 2 aliphatic heterocycles. The van der Waals surface area contributed by atoms with Crippen molar-refractivity contribution < 1.29 is 13.9 Å². The summed E-state index contributed by atoms with van der Waals surface area (Å²) >= 11 is 0. The van der Waals surface area contributed by atoms with Gasteiger partial charge in [-0.05, 0) is 88.3 Å². The summed E-state index contributed by atoms with van der Waals surface area (Å²) in [6.07, 6.45) is 3.49. The number of hydrogen-bond donors (Lipinski definition) is 0. The van der Waals surface area contributed by atoms with E-state index in [1.165, 1.54) is 6.07 Å². The summed E-state index contributed by atoms with van der Waals surface area (Å²) in [5, 5.41) is 0.788. The lowest BCUT2D eigenvalue weighted by molar-refractivity contribution is -0.137. The van der Waals surface area contributed by atoms with E-state index in [2.05, 4.69) is 11.9 Å². The first-order chi connectivity index (χ1) is 14.3. The number of hydrogen-bond acceptors (Lipinski definition) is 5. The Morgan fingerprint density at radius 3 is 2.60 bits per heavy atom. The van der Waals surface area contributed by atoms with Crippen molar-refractivity contribution in [3.8, 4) is 5.75 Å². The first kappa shape index (κ1) is 20.9. The van der Waals surface area contributed by atoms with Crippen LogP contribution in [0.4, 0.5) is 0 Å². The van der Waals surface area contributed by atoms with E-state index < -0.39 is 6.10 Å². The summed E-state index contributed by atoms with van der Waals surface area (Å²) in [5.41, 5.74) is 2.24. The van der Waals surface area contributed by atoms with Gasteiger partial charge in [0.05, 0.1) is 5.39 Å². The Morgan fingerprint density at radius 1 is 1.20 bits per heavy atom. The number of amides is 1. The Bertz CT molecular complexity index is 1000. The van der Waals surface area contributed by atoms with Crippen LogP contribution in [0.2, 0.25) is 0 Å². The van der Waals surface area contributed by atoms with E-state index >= 15 is 0 Å². The van der Waals surface area contributed by atoms with Gasteiger partial charge in [0.2, 0.25) is 0 Å². The molecule has 1 aromatic heterocycles. The van der Waals surface area contributed by atoms with E-state index in [1.54, 1.807) is 0 Å². The molecule has 162 valence electrons. The number of likely N-dealkylation sites (tertiary alicyclic amines) is 2. The van der Waals surface area contributed by atoms with Crippen molar-refractivity contribution in [1.29, 1.82) is 0 Å². The predicted octanol–water partition coefficient (Wildman–Crippen LogP) is 3.38. The van der Waals surface area contributed by atoms with Gasteiger partial charge in [-0.25, -0.2) is 4.79 Å². The van der Waals surface area contributed by atoms with Gasteiger partial charge in [0.25, 0.3) is 5.91 Å². The number of carbonyl (C=O) groups excluding carboxylic acids is 1. The molecule has 1 amide bonds. The molecule has 2 aliphatic rings. The molecule has 1 unspecified atom stereocenters. The van der Waals surface area contributed by atoms with E-state index in [-0.39, 0.29) is 16.9 Å². The third-order valence-corrected chi connectivity index (χ3v) is 6.86. The average molecular weight is 413 g/mol. The molecule has 1 atom stereocenters. The minimum Gasteiger partial charge on any atom is -0.480 e. The first-order valence-corrected chi connectivity index (χ1v) is 11.0. The Hall–Kier alpha value is -2.34. The van der Waals surface area contributed by atoms with Gasteiger partial charge in [0, 0.05) is 19.2 Å². The fourth-order valence-corrected chi connectivity index (χ4v) is 4.96. The quantitative estimate of drug-likeness (QED) is 0.721. The second kappa shape index (κ2) is 8.06. The number of rotatable bonds is 4. The smallest absolute Gasteiger partial charge is 0.336 e. The molecule has 0 saturated carbocycles. The highest BCUT2D eigenvalue weighted by molar-refractivity contribution is 5.88. The summed E-state index contributed by atoms with van der Waals surface area (Å²) in [7, 11) is 2.17. The Balaban J connectivity index is 1.54. The van der Waals surface area contributed by atoms with Crippen LogP contribution in [-0.4, -0.2) is 55.0 Å². The minimum atomic E-state index is -0.590. The number of piperidine rings is 1. The van der Waals surface area contributed by atoms with Gasteiger partial charge in [-0.1, -0.05) is 6.92 Å². The van der Waals surface area contributed by atoms with Gasteiger partial charge in [-0.15, -0.1) is 0 Å². The maximum absolute atomic E-state index is 13.2. The van der Waals surface area contributed by atoms with Crippen LogP contribution in [0.15, 0.2) is 27.4 Å². The van der Waals surface area contributed by atoms with Gasteiger partial charge in [-0.2, -0.15) is 0 Å². The molecule has 1 spiro atoms. The molecule has 3 heterocycles. The average Bonchev–Trinajstić information content (AvgIpc) is 3.12. The molecule has 4 rings (SSSR count). The van der Waals surface area contributed by atoms with Crippen molar-refractivity contribution in [2.24, 2.45) is 5.41 Å². The lowest BCUT2D eigenvalue weighted by atomic mass is 9.78. The topological polar surface area (TPSA) is 63.0 Å². The van der Waals surface area contributed by atoms with Gasteiger partial charge in [-0.3, -0.25) is 4.79 Å². The molecule has 0 N–H and O–H groups in total. The summed E-state index contributed by atoms with van der Waals surface area (Å²) in [5.74, 6) is 0.649. The molecule has 0 aliphatic carbocycles. The van der Waals surface area contributed by atoms with Crippen LogP contribution < -0.4 is 10.4 Å². The molecule has 2 aromatic rings. The Labute approximate surface area is 177 Å². The number of carbonyl (C=O) groups is 1. The maximum atomic E-state index is 13.2. The van der Waals surface area contributed by atoms with E-state index in [0.29, 0.717) is 17.8 Å². The molecule has 30 heavy (non-hydrogen) atoms. The van der Waals surface area contributed by atoms with Crippen LogP contribution in [0.5, 0.6) is 5.75 Å². The number of ether oxygens (including phenoxy) is 1. The van der Waals surface area contributed by atoms with Crippen molar-refractivity contribution in [2.75, 3.05) is 33.2 Å². The Kier molecular flexibility index (Phi) is 5.62. The molecule has 0 bridgehead atoms. The van der Waals surface area contributed by atoms with Gasteiger partial charge in [0.15, 0.2) is 6.10 Å². The molecular formula is C24H32N2O4. The summed E-state index contributed by atoms with van der Waals surface area (Å²) in [4.78, 5) is 29.4. The van der Waals surface area contributed by atoms with Crippen molar-refractivity contribution in [3.05, 3.63) is 39.7 Å². The van der Waals surface area contributed by atoms with Crippen LogP contribution in [0, 0.1) is 12.3 Å². The minimum absolute atomic E-state index is 0.0379. The van der Waals surface area contributed by atoms with E-state index in [9.17, 15) is 9.59 Å². The molecule has 0 radical (unpaired) electrons. The SMILES string of the molecule is CCc1cc(=O)oc2cc(C)cc(OC(C)C(=O)N3CCC4(CCN(C)CC4)C3)c12. The molecule has 2 saturated heterocycles. The summed E-state index contributed by atoms with van der Waals surface area (Å²) in [6, 6.07) is 5.29. The van der Waals surface area contributed by atoms with Crippen LogP contribution in [0.1, 0.15) is 44.2 Å². The zero-order chi connectivity index (χ0) is 21.5. The van der Waals surface area contributed by atoms with Crippen molar-refractivity contribution >= 4 is 16.9 Å². The lowest BCUT2D eigenvalue weighted by Crippen LogP contribution is -2.43. The third kappa shape index (κ3) is 3.97. The second-order valence-corrected chi connectivity index (χ2v) is 9.15. The van der Waals surface area contributed by atoms with E-state index in [1.807, 2.05) is 37.8 Å². The van der Waals surface area contributed by atoms with Gasteiger partial charge < -0.3 is 19.0 Å². The fourth-order valence-electron chi connectivity index (χ4n) is 4.96. The van der Waals surface area contributed by atoms with Crippen LogP contribution in [0.3, 0.4) is 0 Å².